The molecule has 336 valence electrons. The number of anilines is 1. The Hall–Kier alpha value is -6.09. The number of hydrogen-bond donors (Lipinski definition) is 3. The highest BCUT2D eigenvalue weighted by atomic mass is 19.1. The molecule has 0 saturated carbocycles. The van der Waals surface area contributed by atoms with Gasteiger partial charge in [0.15, 0.2) is 0 Å². The molecule has 4 saturated heterocycles. The number of amides is 3. The number of nitrogens with one attached hydrogen (secondary N) is 3. The Morgan fingerprint density at radius 1 is 0.688 bits per heavy atom. The predicted octanol–water partition coefficient (Wildman–Crippen LogP) is 8.50. The van der Waals surface area contributed by atoms with Gasteiger partial charge in [-0.3, -0.25) is 14.5 Å². The molecule has 13 nitrogen and oxygen atoms in total. The Morgan fingerprint density at radius 2 is 1.28 bits per heavy atom. The van der Waals surface area contributed by atoms with Gasteiger partial charge in [-0.1, -0.05) is 67.1 Å². The fourth-order valence-corrected chi connectivity index (χ4v) is 10.4. The van der Waals surface area contributed by atoms with Crippen LogP contribution in [-0.2, 0) is 14.3 Å². The van der Waals surface area contributed by atoms with Crippen molar-refractivity contribution < 1.29 is 27.9 Å². The second kappa shape index (κ2) is 19.3. The fourth-order valence-electron chi connectivity index (χ4n) is 10.4. The van der Waals surface area contributed by atoms with Crippen molar-refractivity contribution in [2.45, 2.75) is 94.3 Å². The normalized spacial score (nSPS) is 20.8. The Kier molecular flexibility index (Phi) is 13.0. The molecule has 0 spiro atoms. The van der Waals surface area contributed by atoms with Crippen molar-refractivity contribution >= 4 is 23.6 Å². The maximum absolute atomic E-state index is 16.0. The van der Waals surface area contributed by atoms with E-state index >= 15 is 8.78 Å². The van der Waals surface area contributed by atoms with E-state index in [1.54, 1.807) is 16.0 Å². The van der Waals surface area contributed by atoms with E-state index in [1.165, 1.54) is 25.7 Å². The van der Waals surface area contributed by atoms with Crippen molar-refractivity contribution in [1.82, 2.24) is 40.0 Å². The van der Waals surface area contributed by atoms with Crippen LogP contribution in [0.5, 0.6) is 0 Å². The van der Waals surface area contributed by atoms with Gasteiger partial charge in [0.25, 0.3) is 5.91 Å². The van der Waals surface area contributed by atoms with E-state index in [9.17, 15) is 14.4 Å². The average Bonchev–Trinajstić information content (AvgIpc) is 4.14. The van der Waals surface area contributed by atoms with Gasteiger partial charge in [0.1, 0.15) is 41.1 Å². The van der Waals surface area contributed by atoms with Gasteiger partial charge in [-0.15, -0.1) is 0 Å². The number of carbonyl (C=O) groups is 3. The Balaban J connectivity index is 0.852. The highest BCUT2D eigenvalue weighted by molar-refractivity contribution is 5.87. The first kappa shape index (κ1) is 43.2. The molecule has 0 bridgehead atoms. The van der Waals surface area contributed by atoms with E-state index in [0.29, 0.717) is 67.5 Å². The number of hydrogen-bond acceptors (Lipinski definition) is 8. The van der Waals surface area contributed by atoms with Crippen LogP contribution >= 0.6 is 0 Å². The van der Waals surface area contributed by atoms with Crippen LogP contribution in [0.2, 0.25) is 0 Å². The van der Waals surface area contributed by atoms with Gasteiger partial charge in [0.05, 0.1) is 31.1 Å². The van der Waals surface area contributed by atoms with Crippen LogP contribution in [0.15, 0.2) is 85.2 Å². The van der Waals surface area contributed by atoms with E-state index in [1.807, 2.05) is 71.8 Å². The lowest BCUT2D eigenvalue weighted by molar-refractivity contribution is -0.139. The molecule has 0 aliphatic carbocycles. The molecular weight excluding hydrogens is 817 g/mol. The van der Waals surface area contributed by atoms with E-state index in [0.717, 1.165) is 69.3 Å². The van der Waals surface area contributed by atoms with Gasteiger partial charge in [-0.25, -0.2) is 23.5 Å². The van der Waals surface area contributed by atoms with Gasteiger partial charge in [0, 0.05) is 49.6 Å². The quantitative estimate of drug-likeness (QED) is 0.120. The monoisotopic (exact) mass is 873 g/mol. The lowest BCUT2D eigenvalue weighted by Crippen LogP contribution is -2.46. The Bertz CT molecular complexity index is 2370. The summed E-state index contributed by atoms with van der Waals surface area (Å²) in [5.41, 5.74) is 3.39. The minimum Gasteiger partial charge on any atom is -0.453 e. The summed E-state index contributed by atoms with van der Waals surface area (Å²) in [5.74, 6) is -0.0590. The number of H-pyrrole nitrogens is 2. The van der Waals surface area contributed by atoms with E-state index in [-0.39, 0.29) is 41.5 Å². The van der Waals surface area contributed by atoms with Gasteiger partial charge in [-0.2, -0.15) is 0 Å². The average molecular weight is 874 g/mol. The van der Waals surface area contributed by atoms with Crippen LogP contribution in [0.25, 0.3) is 11.3 Å². The van der Waals surface area contributed by atoms with Gasteiger partial charge < -0.3 is 34.7 Å². The van der Waals surface area contributed by atoms with Crippen molar-refractivity contribution in [3.63, 3.8) is 0 Å². The highest BCUT2D eigenvalue weighted by Gasteiger charge is 2.40. The number of benzene rings is 3. The van der Waals surface area contributed by atoms with Crippen molar-refractivity contribution in [1.29, 1.82) is 0 Å². The van der Waals surface area contributed by atoms with Crippen LogP contribution in [0.3, 0.4) is 0 Å². The van der Waals surface area contributed by atoms with Crippen LogP contribution in [0, 0.1) is 11.6 Å². The second-order valence-electron chi connectivity index (χ2n) is 17.6. The molecule has 4 aliphatic rings. The van der Waals surface area contributed by atoms with E-state index in [2.05, 4.69) is 25.2 Å². The zero-order chi connectivity index (χ0) is 44.2. The van der Waals surface area contributed by atoms with Crippen molar-refractivity contribution in [2.24, 2.45) is 0 Å². The summed E-state index contributed by atoms with van der Waals surface area (Å²) in [7, 11) is 1.27. The van der Waals surface area contributed by atoms with Crippen LogP contribution in [-0.4, -0.2) is 98.9 Å². The number of rotatable bonds is 11. The zero-order valence-electron chi connectivity index (χ0n) is 36.4. The maximum Gasteiger partial charge on any atom is 0.407 e. The van der Waals surface area contributed by atoms with Crippen LogP contribution in [0.1, 0.15) is 123 Å². The summed E-state index contributed by atoms with van der Waals surface area (Å²) in [6, 6.07) is 20.0. The molecule has 3 N–H and O–H groups in total. The molecular formula is C49H57F2N9O4. The third kappa shape index (κ3) is 8.99. The Labute approximate surface area is 372 Å². The van der Waals surface area contributed by atoms with Crippen LogP contribution < -0.4 is 10.2 Å². The number of ether oxygens (including phenoxy) is 1. The molecule has 5 aromatic rings. The first-order valence-corrected chi connectivity index (χ1v) is 22.9. The largest absolute Gasteiger partial charge is 0.453 e. The third-order valence-corrected chi connectivity index (χ3v) is 13.7. The predicted molar refractivity (Wildman–Crippen MR) is 238 cm³/mol. The lowest BCUT2D eigenvalue weighted by atomic mass is 9.93. The number of halogens is 2. The summed E-state index contributed by atoms with van der Waals surface area (Å²) in [5, 5.41) is 2.72. The summed E-state index contributed by atoms with van der Waals surface area (Å²) in [6.07, 6.45) is 11.4. The molecule has 2 aromatic heterocycles. The summed E-state index contributed by atoms with van der Waals surface area (Å²) in [4.78, 5) is 64.9. The standard InChI is InChI=1S/C49H57F2N9O4/c1-64-49(63)56-42(33-14-5-2-6-15-33)47(61)59-24-12-9-18-40(59)45-52-30-38(54-45)32-20-26-58(27-21-32)44-36(50)28-35(29-37(44)51)39-31-53-46(55-39)41-19-13-25-60(41)48(62)43(34-16-7-3-8-17-34)57-22-10-4-11-23-57/h2-3,5-8,14-17,28-32,40-43H,4,9-13,18-27H2,1H3,(H,52,54)(H,53,55)(H,56,63). The molecule has 3 aromatic carbocycles. The minimum absolute atomic E-state index is 0.0469. The first-order chi connectivity index (χ1) is 31.3. The molecule has 4 fully saturated rings. The van der Waals surface area contributed by atoms with Gasteiger partial charge in [-0.05, 0) is 94.1 Å². The molecule has 3 amide bonds. The van der Waals surface area contributed by atoms with Gasteiger partial charge in [0.2, 0.25) is 5.91 Å². The molecule has 15 heteroatoms. The number of nitrogens with zero attached hydrogens (tertiary/aromatic N) is 6. The molecule has 9 rings (SSSR count). The van der Waals surface area contributed by atoms with E-state index < -0.39 is 23.8 Å². The summed E-state index contributed by atoms with van der Waals surface area (Å²) in [6.45, 7) is 3.80. The first-order valence-electron chi connectivity index (χ1n) is 22.9. The highest BCUT2D eigenvalue weighted by Crippen LogP contribution is 2.39. The fraction of sp³-hybridized carbons (Fsp3) is 0.449. The number of carbonyl (C=O) groups excluding carboxylic acids is 3. The van der Waals surface area contributed by atoms with Crippen molar-refractivity contribution in [3.8, 4) is 11.3 Å². The molecule has 64 heavy (non-hydrogen) atoms. The molecule has 6 heterocycles. The number of methoxy groups -OCH3 is 1. The smallest absolute Gasteiger partial charge is 0.407 e. The Morgan fingerprint density at radius 3 is 1.97 bits per heavy atom. The molecule has 4 atom stereocenters. The van der Waals surface area contributed by atoms with Gasteiger partial charge >= 0.3 is 6.09 Å². The SMILES string of the molecule is COC(=O)NC(C(=O)N1CCCCC1c1ncc(C2CCN(c3c(F)cc(-c4cnc(C5CCCN5C(=O)C(c5ccccc5)N5CCCCC5)[nH]4)cc3F)CC2)[nH]1)c1ccccc1. The molecule has 0 radical (unpaired) electrons. The number of aromatic amines is 2. The van der Waals surface area contributed by atoms with E-state index in [4.69, 9.17) is 9.72 Å². The third-order valence-electron chi connectivity index (χ3n) is 13.7. The topological polar surface area (TPSA) is 143 Å². The zero-order valence-corrected chi connectivity index (χ0v) is 36.4. The number of aromatic nitrogens is 4. The molecule has 4 aliphatic heterocycles. The number of alkyl carbamates (subject to hydrolysis) is 1. The summed E-state index contributed by atoms with van der Waals surface area (Å²) < 4.78 is 36.9. The minimum atomic E-state index is -0.914. The number of imidazole rings is 2. The molecule has 4 unspecified atom stereocenters. The lowest BCUT2D eigenvalue weighted by Gasteiger charge is -2.37. The van der Waals surface area contributed by atoms with Crippen molar-refractivity contribution in [3.05, 3.63) is 125 Å². The second-order valence-corrected chi connectivity index (χ2v) is 17.6. The van der Waals surface area contributed by atoms with Crippen molar-refractivity contribution in [2.75, 3.05) is 51.3 Å². The number of likely N-dealkylation sites (tertiary alicyclic amines) is 3. The summed E-state index contributed by atoms with van der Waals surface area (Å²) >= 11 is 0. The number of piperidine rings is 3. The van der Waals surface area contributed by atoms with Crippen LogP contribution in [0.4, 0.5) is 19.3 Å². The maximum atomic E-state index is 16.0.